The van der Waals surface area contributed by atoms with Crippen LogP contribution in [0.15, 0.2) is 29.1 Å². The molecule has 2 rings (SSSR count). The number of thiazole rings is 1. The standard InChI is InChI=1S/C13H14F2N2O2S/c1-8(10-6-20-7-16-10)17-9-3-4-11(18-2)12(5-9)19-13(14)15/h3-8,13,17H,1-2H3. The fourth-order valence-corrected chi connectivity index (χ4v) is 2.36. The highest BCUT2D eigenvalue weighted by molar-refractivity contribution is 7.07. The van der Waals surface area contributed by atoms with Crippen LogP contribution in [0.1, 0.15) is 18.7 Å². The van der Waals surface area contributed by atoms with Crippen LogP contribution >= 0.6 is 11.3 Å². The van der Waals surface area contributed by atoms with Crippen LogP contribution in [-0.2, 0) is 0 Å². The van der Waals surface area contributed by atoms with Gasteiger partial charge >= 0.3 is 6.61 Å². The number of ether oxygens (including phenoxy) is 2. The Labute approximate surface area is 119 Å². The Morgan fingerprint density at radius 3 is 2.70 bits per heavy atom. The van der Waals surface area contributed by atoms with Gasteiger partial charge in [0.15, 0.2) is 11.5 Å². The Morgan fingerprint density at radius 1 is 1.30 bits per heavy atom. The average Bonchev–Trinajstić information content (AvgIpc) is 2.92. The number of nitrogens with zero attached hydrogens (tertiary/aromatic N) is 1. The molecule has 1 unspecified atom stereocenters. The number of benzene rings is 1. The summed E-state index contributed by atoms with van der Waals surface area (Å²) in [6.07, 6.45) is 0. The predicted molar refractivity (Wildman–Crippen MR) is 73.8 cm³/mol. The van der Waals surface area contributed by atoms with E-state index in [9.17, 15) is 8.78 Å². The van der Waals surface area contributed by atoms with Gasteiger partial charge in [-0.05, 0) is 19.1 Å². The third-order valence-corrected chi connectivity index (χ3v) is 3.26. The van der Waals surface area contributed by atoms with Gasteiger partial charge in [-0.3, -0.25) is 0 Å². The normalized spacial score (nSPS) is 12.2. The summed E-state index contributed by atoms with van der Waals surface area (Å²) >= 11 is 1.50. The molecule has 108 valence electrons. The van der Waals surface area contributed by atoms with Crippen molar-refractivity contribution in [3.8, 4) is 11.5 Å². The summed E-state index contributed by atoms with van der Waals surface area (Å²) in [6, 6.07) is 4.76. The molecule has 0 saturated heterocycles. The molecule has 1 heterocycles. The molecule has 0 aliphatic heterocycles. The van der Waals surface area contributed by atoms with Crippen molar-refractivity contribution in [3.05, 3.63) is 34.8 Å². The fraction of sp³-hybridized carbons (Fsp3) is 0.308. The molecule has 0 radical (unpaired) electrons. The highest BCUT2D eigenvalue weighted by Crippen LogP contribution is 2.32. The Morgan fingerprint density at radius 2 is 2.10 bits per heavy atom. The second-order valence-electron chi connectivity index (χ2n) is 4.02. The first-order valence-electron chi connectivity index (χ1n) is 5.87. The van der Waals surface area contributed by atoms with Gasteiger partial charge in [0.25, 0.3) is 0 Å². The van der Waals surface area contributed by atoms with Gasteiger partial charge in [-0.25, -0.2) is 4.98 Å². The van der Waals surface area contributed by atoms with E-state index in [1.54, 1.807) is 17.6 Å². The lowest BCUT2D eigenvalue weighted by Crippen LogP contribution is -2.08. The van der Waals surface area contributed by atoms with Gasteiger partial charge < -0.3 is 14.8 Å². The van der Waals surface area contributed by atoms with Crippen molar-refractivity contribution in [2.24, 2.45) is 0 Å². The second kappa shape index (κ2) is 6.51. The lowest BCUT2D eigenvalue weighted by molar-refractivity contribution is -0.0511. The molecule has 0 aliphatic carbocycles. The molecule has 0 aliphatic rings. The molecule has 0 amide bonds. The van der Waals surface area contributed by atoms with Gasteiger partial charge in [0.2, 0.25) is 0 Å². The maximum Gasteiger partial charge on any atom is 0.387 e. The Hall–Kier alpha value is -1.89. The van der Waals surface area contributed by atoms with Crippen LogP contribution in [0.5, 0.6) is 11.5 Å². The predicted octanol–water partition coefficient (Wildman–Crippen LogP) is 3.93. The van der Waals surface area contributed by atoms with Crippen molar-refractivity contribution in [2.45, 2.75) is 19.6 Å². The van der Waals surface area contributed by atoms with E-state index in [1.807, 2.05) is 12.3 Å². The maximum atomic E-state index is 12.3. The van der Waals surface area contributed by atoms with Gasteiger partial charge in [-0.1, -0.05) is 0 Å². The lowest BCUT2D eigenvalue weighted by atomic mass is 10.2. The summed E-state index contributed by atoms with van der Waals surface area (Å²) in [5.74, 6) is 0.259. The van der Waals surface area contributed by atoms with E-state index in [1.165, 1.54) is 24.5 Å². The van der Waals surface area contributed by atoms with E-state index in [0.29, 0.717) is 5.69 Å². The summed E-state index contributed by atoms with van der Waals surface area (Å²) in [4.78, 5) is 4.20. The van der Waals surface area contributed by atoms with E-state index in [-0.39, 0.29) is 17.5 Å². The number of anilines is 1. The smallest absolute Gasteiger partial charge is 0.387 e. The monoisotopic (exact) mass is 300 g/mol. The molecule has 0 saturated carbocycles. The second-order valence-corrected chi connectivity index (χ2v) is 4.74. The van der Waals surface area contributed by atoms with E-state index in [2.05, 4.69) is 15.0 Å². The van der Waals surface area contributed by atoms with Gasteiger partial charge in [0.05, 0.1) is 24.4 Å². The van der Waals surface area contributed by atoms with Crippen molar-refractivity contribution in [1.29, 1.82) is 0 Å². The first-order valence-corrected chi connectivity index (χ1v) is 6.82. The highest BCUT2D eigenvalue weighted by atomic mass is 32.1. The molecule has 2 aromatic rings. The Bertz CT molecular complexity index is 549. The van der Waals surface area contributed by atoms with Gasteiger partial charge in [-0.2, -0.15) is 8.78 Å². The van der Waals surface area contributed by atoms with Crippen LogP contribution in [-0.4, -0.2) is 18.7 Å². The van der Waals surface area contributed by atoms with Crippen molar-refractivity contribution >= 4 is 17.0 Å². The minimum Gasteiger partial charge on any atom is -0.493 e. The molecule has 0 spiro atoms. The zero-order chi connectivity index (χ0) is 14.5. The van der Waals surface area contributed by atoms with Crippen LogP contribution in [0.2, 0.25) is 0 Å². The van der Waals surface area contributed by atoms with Crippen LogP contribution in [0.3, 0.4) is 0 Å². The Kier molecular flexibility index (Phi) is 4.73. The van der Waals surface area contributed by atoms with E-state index < -0.39 is 6.61 Å². The zero-order valence-electron chi connectivity index (χ0n) is 11.0. The summed E-state index contributed by atoms with van der Waals surface area (Å²) < 4.78 is 34.1. The van der Waals surface area contributed by atoms with Crippen molar-refractivity contribution in [2.75, 3.05) is 12.4 Å². The first kappa shape index (κ1) is 14.5. The number of methoxy groups -OCH3 is 1. The van der Waals surface area contributed by atoms with E-state index in [0.717, 1.165) is 5.69 Å². The molecular weight excluding hydrogens is 286 g/mol. The molecule has 1 N–H and O–H groups in total. The van der Waals surface area contributed by atoms with Gasteiger partial charge in [-0.15, -0.1) is 11.3 Å². The molecule has 1 atom stereocenters. The van der Waals surface area contributed by atoms with Crippen molar-refractivity contribution < 1.29 is 18.3 Å². The number of halogens is 2. The van der Waals surface area contributed by atoms with Crippen molar-refractivity contribution in [1.82, 2.24) is 4.98 Å². The lowest BCUT2D eigenvalue weighted by Gasteiger charge is -2.16. The molecule has 0 bridgehead atoms. The number of rotatable bonds is 6. The number of hydrogen-bond donors (Lipinski definition) is 1. The van der Waals surface area contributed by atoms with E-state index >= 15 is 0 Å². The minimum atomic E-state index is -2.89. The highest BCUT2D eigenvalue weighted by Gasteiger charge is 2.13. The summed E-state index contributed by atoms with van der Waals surface area (Å²) in [6.45, 7) is -0.956. The number of hydrogen-bond acceptors (Lipinski definition) is 5. The zero-order valence-corrected chi connectivity index (χ0v) is 11.8. The van der Waals surface area contributed by atoms with Gasteiger partial charge in [0.1, 0.15) is 0 Å². The largest absolute Gasteiger partial charge is 0.493 e. The van der Waals surface area contributed by atoms with Crippen LogP contribution in [0, 0.1) is 0 Å². The quantitative estimate of drug-likeness (QED) is 0.878. The summed E-state index contributed by atoms with van der Waals surface area (Å²) in [5, 5.41) is 5.10. The third kappa shape index (κ3) is 3.57. The molecule has 0 fully saturated rings. The average molecular weight is 300 g/mol. The first-order chi connectivity index (χ1) is 9.60. The molecule has 4 nitrogen and oxygen atoms in total. The van der Waals surface area contributed by atoms with Crippen LogP contribution in [0.25, 0.3) is 0 Å². The Balaban J connectivity index is 2.16. The topological polar surface area (TPSA) is 43.4 Å². The van der Waals surface area contributed by atoms with Crippen LogP contribution < -0.4 is 14.8 Å². The molecule has 7 heteroatoms. The fourth-order valence-electron chi connectivity index (χ4n) is 1.71. The SMILES string of the molecule is COc1ccc(NC(C)c2cscn2)cc1OC(F)F. The minimum absolute atomic E-state index is 0.00187. The molecule has 1 aromatic carbocycles. The van der Waals surface area contributed by atoms with E-state index in [4.69, 9.17) is 4.74 Å². The molecule has 1 aromatic heterocycles. The third-order valence-electron chi connectivity index (χ3n) is 2.66. The number of aromatic nitrogens is 1. The van der Waals surface area contributed by atoms with Crippen molar-refractivity contribution in [3.63, 3.8) is 0 Å². The molecular formula is C13H14F2N2O2S. The van der Waals surface area contributed by atoms with Crippen LogP contribution in [0.4, 0.5) is 14.5 Å². The van der Waals surface area contributed by atoms with Gasteiger partial charge in [0, 0.05) is 17.1 Å². The number of alkyl halides is 2. The summed E-state index contributed by atoms with van der Waals surface area (Å²) in [5.41, 5.74) is 3.29. The molecule has 20 heavy (non-hydrogen) atoms. The summed E-state index contributed by atoms with van der Waals surface area (Å²) in [7, 11) is 1.40. The maximum absolute atomic E-state index is 12.3. The number of nitrogens with one attached hydrogen (secondary N) is 1.